The third kappa shape index (κ3) is 3.68. The number of para-hydroxylation sites is 2. The molecule has 1 fully saturated rings. The number of aromatic nitrogens is 1. The fraction of sp³-hybridized carbons (Fsp3) is 0.438. The van der Waals surface area contributed by atoms with Crippen molar-refractivity contribution in [3.63, 3.8) is 0 Å². The Bertz CT molecular complexity index is 678. The first kappa shape index (κ1) is 15.5. The lowest BCUT2D eigenvalue weighted by Crippen LogP contribution is -2.49. The van der Waals surface area contributed by atoms with Crippen molar-refractivity contribution in [3.05, 3.63) is 30.2 Å². The fourth-order valence-electron chi connectivity index (χ4n) is 2.74. The zero-order valence-electron chi connectivity index (χ0n) is 12.6. The van der Waals surface area contributed by atoms with E-state index in [0.29, 0.717) is 31.0 Å². The Morgan fingerprint density at radius 1 is 1.35 bits per heavy atom. The zero-order chi connectivity index (χ0) is 16.2. The van der Waals surface area contributed by atoms with Crippen molar-refractivity contribution in [1.82, 2.24) is 9.88 Å². The van der Waals surface area contributed by atoms with Crippen molar-refractivity contribution in [2.75, 3.05) is 19.8 Å². The number of oxazole rings is 1. The van der Waals surface area contributed by atoms with E-state index >= 15 is 0 Å². The molecule has 1 saturated heterocycles. The third-order valence-corrected chi connectivity index (χ3v) is 3.85. The number of amides is 1. The molecule has 1 aromatic carbocycles. The summed E-state index contributed by atoms with van der Waals surface area (Å²) in [6.45, 7) is 1.12. The van der Waals surface area contributed by atoms with Gasteiger partial charge >= 0.3 is 5.97 Å². The molecule has 2 heterocycles. The number of hydrogen-bond acceptors (Lipinski definition) is 5. The maximum absolute atomic E-state index is 12.4. The summed E-state index contributed by atoms with van der Waals surface area (Å²) in [5.41, 5.74) is 1.47. The normalized spacial score (nSPS) is 18.3. The van der Waals surface area contributed by atoms with Gasteiger partial charge < -0.3 is 19.2 Å². The first-order chi connectivity index (χ1) is 11.1. The van der Waals surface area contributed by atoms with Gasteiger partial charge in [0.05, 0.1) is 25.7 Å². The van der Waals surface area contributed by atoms with Crippen LogP contribution < -0.4 is 0 Å². The van der Waals surface area contributed by atoms with Gasteiger partial charge in [-0.3, -0.25) is 9.59 Å². The summed E-state index contributed by atoms with van der Waals surface area (Å²) >= 11 is 0. The van der Waals surface area contributed by atoms with Gasteiger partial charge in [-0.1, -0.05) is 12.1 Å². The molecule has 122 valence electrons. The van der Waals surface area contributed by atoms with E-state index in [1.54, 1.807) is 4.90 Å². The second kappa shape index (κ2) is 6.78. The fourth-order valence-corrected chi connectivity index (χ4v) is 2.74. The van der Waals surface area contributed by atoms with Crippen LogP contribution >= 0.6 is 0 Å². The van der Waals surface area contributed by atoms with Crippen molar-refractivity contribution in [2.45, 2.75) is 25.3 Å². The average Bonchev–Trinajstić information content (AvgIpc) is 2.95. The van der Waals surface area contributed by atoms with Crippen LogP contribution in [0.2, 0.25) is 0 Å². The summed E-state index contributed by atoms with van der Waals surface area (Å²) in [6.07, 6.45) is 0.530. The Morgan fingerprint density at radius 3 is 2.96 bits per heavy atom. The van der Waals surface area contributed by atoms with Gasteiger partial charge in [0.1, 0.15) is 5.52 Å². The maximum atomic E-state index is 12.4. The number of rotatable bonds is 5. The van der Waals surface area contributed by atoms with Gasteiger partial charge in [0.15, 0.2) is 11.5 Å². The molecule has 0 radical (unpaired) electrons. The Morgan fingerprint density at radius 2 is 2.17 bits per heavy atom. The number of fused-ring (bicyclic) bond motifs is 1. The van der Waals surface area contributed by atoms with E-state index in [4.69, 9.17) is 14.3 Å². The van der Waals surface area contributed by atoms with E-state index in [1.807, 2.05) is 24.3 Å². The van der Waals surface area contributed by atoms with E-state index in [1.165, 1.54) is 0 Å². The van der Waals surface area contributed by atoms with E-state index in [-0.39, 0.29) is 25.4 Å². The number of morpholine rings is 1. The second-order valence-electron chi connectivity index (χ2n) is 5.49. The number of nitrogens with zero attached hydrogens (tertiary/aromatic N) is 2. The lowest BCUT2D eigenvalue weighted by atomic mass is 10.1. The van der Waals surface area contributed by atoms with Crippen LogP contribution in [0, 0.1) is 0 Å². The van der Waals surface area contributed by atoms with Crippen LogP contribution in [0.4, 0.5) is 0 Å². The summed E-state index contributed by atoms with van der Waals surface area (Å²) in [5, 5.41) is 8.94. The molecule has 1 aliphatic rings. The molecule has 0 bridgehead atoms. The molecule has 1 aromatic heterocycles. The van der Waals surface area contributed by atoms with Gasteiger partial charge in [0.2, 0.25) is 5.91 Å². The number of carboxylic acids is 1. The first-order valence-corrected chi connectivity index (χ1v) is 7.57. The number of ether oxygens (including phenoxy) is 1. The quantitative estimate of drug-likeness (QED) is 0.897. The van der Waals surface area contributed by atoms with E-state index in [9.17, 15) is 9.59 Å². The number of hydrogen-bond donors (Lipinski definition) is 1. The summed E-state index contributed by atoms with van der Waals surface area (Å²) in [7, 11) is 0. The second-order valence-corrected chi connectivity index (χ2v) is 5.49. The minimum absolute atomic E-state index is 0.0955. The molecular weight excluding hydrogens is 300 g/mol. The van der Waals surface area contributed by atoms with Gasteiger partial charge in [-0.25, -0.2) is 4.98 Å². The summed E-state index contributed by atoms with van der Waals surface area (Å²) < 4.78 is 10.9. The summed E-state index contributed by atoms with van der Waals surface area (Å²) in [5.74, 6) is -0.512. The Labute approximate surface area is 132 Å². The molecule has 1 unspecified atom stereocenters. The van der Waals surface area contributed by atoms with E-state index < -0.39 is 12.0 Å². The molecule has 2 aromatic rings. The molecule has 23 heavy (non-hydrogen) atoms. The topological polar surface area (TPSA) is 92.9 Å². The highest BCUT2D eigenvalue weighted by Crippen LogP contribution is 2.17. The van der Waals surface area contributed by atoms with Crippen molar-refractivity contribution in [2.24, 2.45) is 0 Å². The van der Waals surface area contributed by atoms with Crippen molar-refractivity contribution < 1.29 is 23.8 Å². The van der Waals surface area contributed by atoms with Crippen LogP contribution in [0.15, 0.2) is 28.7 Å². The molecule has 0 saturated carbocycles. The molecule has 7 nitrogen and oxygen atoms in total. The Hall–Kier alpha value is -2.41. The molecule has 7 heteroatoms. The molecular formula is C16H18N2O5. The van der Waals surface area contributed by atoms with E-state index in [2.05, 4.69) is 4.98 Å². The third-order valence-electron chi connectivity index (χ3n) is 3.85. The minimum Gasteiger partial charge on any atom is -0.481 e. The van der Waals surface area contributed by atoms with E-state index in [0.717, 1.165) is 5.52 Å². The number of carbonyl (C=O) groups is 2. The lowest BCUT2D eigenvalue weighted by molar-refractivity contribution is -0.146. The SMILES string of the molecule is O=C(O)CC1COCCN1C(=O)CCc1nc2ccccc2o1. The Kier molecular flexibility index (Phi) is 4.57. The number of aliphatic carboxylic acids is 1. The monoisotopic (exact) mass is 318 g/mol. The summed E-state index contributed by atoms with van der Waals surface area (Å²) in [6, 6.07) is 7.03. The predicted molar refractivity (Wildman–Crippen MR) is 80.9 cm³/mol. The van der Waals surface area contributed by atoms with Crippen molar-refractivity contribution in [3.8, 4) is 0 Å². The number of benzene rings is 1. The largest absolute Gasteiger partial charge is 0.481 e. The van der Waals surface area contributed by atoms with Crippen LogP contribution in [0.25, 0.3) is 11.1 Å². The van der Waals surface area contributed by atoms with Gasteiger partial charge in [0.25, 0.3) is 0 Å². The van der Waals surface area contributed by atoms with Crippen LogP contribution in [-0.2, 0) is 20.7 Å². The predicted octanol–water partition coefficient (Wildman–Crippen LogP) is 1.46. The number of carboxylic acid groups (broad SMARTS) is 1. The molecule has 0 spiro atoms. The molecule has 1 aliphatic heterocycles. The standard InChI is InChI=1S/C16H18N2O5/c19-15(18-7-8-22-10-11(18)9-16(20)21)6-5-14-17-12-3-1-2-4-13(12)23-14/h1-4,11H,5-10H2,(H,20,21). The van der Waals surface area contributed by atoms with Crippen LogP contribution in [0.3, 0.4) is 0 Å². The molecule has 0 aliphatic carbocycles. The first-order valence-electron chi connectivity index (χ1n) is 7.57. The van der Waals surface area contributed by atoms with Gasteiger partial charge in [-0.05, 0) is 12.1 Å². The molecule has 1 N–H and O–H groups in total. The Balaban J connectivity index is 1.62. The smallest absolute Gasteiger partial charge is 0.305 e. The highest BCUT2D eigenvalue weighted by molar-refractivity contribution is 5.78. The van der Waals surface area contributed by atoms with Gasteiger partial charge in [-0.2, -0.15) is 0 Å². The summed E-state index contributed by atoms with van der Waals surface area (Å²) in [4.78, 5) is 29.2. The average molecular weight is 318 g/mol. The lowest BCUT2D eigenvalue weighted by Gasteiger charge is -2.34. The molecule has 1 atom stereocenters. The van der Waals surface area contributed by atoms with Crippen molar-refractivity contribution in [1.29, 1.82) is 0 Å². The van der Waals surface area contributed by atoms with Crippen LogP contribution in [-0.4, -0.2) is 52.7 Å². The maximum Gasteiger partial charge on any atom is 0.305 e. The minimum atomic E-state index is -0.933. The van der Waals surface area contributed by atoms with Crippen LogP contribution in [0.5, 0.6) is 0 Å². The number of aryl methyl sites for hydroxylation is 1. The highest BCUT2D eigenvalue weighted by Gasteiger charge is 2.29. The van der Waals surface area contributed by atoms with Crippen LogP contribution in [0.1, 0.15) is 18.7 Å². The zero-order valence-corrected chi connectivity index (χ0v) is 12.6. The highest BCUT2D eigenvalue weighted by atomic mass is 16.5. The molecule has 1 amide bonds. The van der Waals surface area contributed by atoms with Gasteiger partial charge in [-0.15, -0.1) is 0 Å². The van der Waals surface area contributed by atoms with Crippen molar-refractivity contribution >= 4 is 23.0 Å². The number of carbonyl (C=O) groups excluding carboxylic acids is 1. The van der Waals surface area contributed by atoms with Gasteiger partial charge in [0, 0.05) is 19.4 Å². The molecule has 3 rings (SSSR count).